The molecule has 0 spiro atoms. The van der Waals surface area contributed by atoms with Gasteiger partial charge in [0.05, 0.1) is 7.11 Å². The summed E-state index contributed by atoms with van der Waals surface area (Å²) < 4.78 is 5.13. The van der Waals surface area contributed by atoms with Gasteiger partial charge in [0.15, 0.2) is 5.16 Å². The first-order valence-electron chi connectivity index (χ1n) is 7.45. The van der Waals surface area contributed by atoms with Gasteiger partial charge in [-0.2, -0.15) is 0 Å². The van der Waals surface area contributed by atoms with Crippen molar-refractivity contribution < 1.29 is 4.74 Å². The van der Waals surface area contributed by atoms with E-state index in [-0.39, 0.29) is 0 Å². The molecule has 0 aliphatic carbocycles. The first-order valence-corrected chi connectivity index (χ1v) is 8.67. The third kappa shape index (κ3) is 3.82. The van der Waals surface area contributed by atoms with Crippen LogP contribution < -0.4 is 15.0 Å². The quantitative estimate of drug-likeness (QED) is 0.658. The third-order valence-electron chi connectivity index (χ3n) is 3.72. The van der Waals surface area contributed by atoms with Crippen molar-refractivity contribution in [3.05, 3.63) is 24.2 Å². The van der Waals surface area contributed by atoms with E-state index in [9.17, 15) is 0 Å². The van der Waals surface area contributed by atoms with Crippen LogP contribution in [0.15, 0.2) is 23.6 Å². The van der Waals surface area contributed by atoms with Gasteiger partial charge in [-0.15, -0.1) is 0 Å². The van der Waals surface area contributed by atoms with Gasteiger partial charge in [0, 0.05) is 37.0 Å². The van der Waals surface area contributed by atoms with E-state index in [0.29, 0.717) is 11.9 Å². The van der Waals surface area contributed by atoms with Crippen LogP contribution in [0.1, 0.15) is 12.1 Å². The van der Waals surface area contributed by atoms with Crippen LogP contribution in [0.4, 0.5) is 11.6 Å². The topological polar surface area (TPSA) is 76.1 Å². The highest BCUT2D eigenvalue weighted by molar-refractivity contribution is 7.98. The Morgan fingerprint density at radius 1 is 1.30 bits per heavy atom. The predicted octanol–water partition coefficient (Wildman–Crippen LogP) is 2.00. The van der Waals surface area contributed by atoms with Crippen LogP contribution in [-0.2, 0) is 0 Å². The van der Waals surface area contributed by atoms with Crippen LogP contribution in [0.3, 0.4) is 0 Å². The highest BCUT2D eigenvalue weighted by Crippen LogP contribution is 2.23. The molecule has 3 rings (SSSR count). The van der Waals surface area contributed by atoms with Gasteiger partial charge in [0.25, 0.3) is 0 Å². The molecule has 23 heavy (non-hydrogen) atoms. The fraction of sp³-hybridized carbons (Fsp3) is 0.467. The molecule has 2 aromatic heterocycles. The molecule has 2 aromatic rings. The van der Waals surface area contributed by atoms with E-state index in [1.54, 1.807) is 18.9 Å². The van der Waals surface area contributed by atoms with Crippen LogP contribution >= 0.6 is 11.8 Å². The lowest BCUT2D eigenvalue weighted by Gasteiger charge is -2.19. The van der Waals surface area contributed by atoms with Crippen molar-refractivity contribution in [3.8, 4) is 5.88 Å². The van der Waals surface area contributed by atoms with Gasteiger partial charge in [-0.05, 0) is 19.6 Å². The number of anilines is 2. The van der Waals surface area contributed by atoms with Crippen LogP contribution in [0, 0.1) is 6.92 Å². The maximum Gasteiger partial charge on any atom is 0.218 e. The Bertz CT molecular complexity index is 683. The number of rotatable bonds is 5. The molecule has 7 nitrogen and oxygen atoms in total. The Labute approximate surface area is 139 Å². The zero-order valence-electron chi connectivity index (χ0n) is 13.5. The van der Waals surface area contributed by atoms with E-state index in [1.165, 1.54) is 6.33 Å². The highest BCUT2D eigenvalue weighted by atomic mass is 32.2. The number of ether oxygens (including phenoxy) is 1. The number of nitrogens with one attached hydrogen (secondary N) is 1. The molecule has 0 aromatic carbocycles. The fourth-order valence-corrected chi connectivity index (χ4v) is 3.02. The second-order valence-corrected chi connectivity index (χ2v) is 6.15. The Morgan fingerprint density at radius 3 is 2.96 bits per heavy atom. The molecule has 122 valence electrons. The summed E-state index contributed by atoms with van der Waals surface area (Å²) in [5.74, 6) is 2.34. The largest absolute Gasteiger partial charge is 0.481 e. The molecule has 1 saturated heterocycles. The monoisotopic (exact) mass is 332 g/mol. The number of methoxy groups -OCH3 is 1. The summed E-state index contributed by atoms with van der Waals surface area (Å²) in [6, 6.07) is 4.17. The van der Waals surface area contributed by atoms with Crippen LogP contribution in [0.25, 0.3) is 0 Å². The van der Waals surface area contributed by atoms with Crippen molar-refractivity contribution in [1.29, 1.82) is 0 Å². The Kier molecular flexibility index (Phi) is 4.80. The molecule has 8 heteroatoms. The van der Waals surface area contributed by atoms with E-state index in [0.717, 1.165) is 42.0 Å². The molecule has 0 radical (unpaired) electrons. The minimum absolute atomic E-state index is 0.322. The average Bonchev–Trinajstić information content (AvgIpc) is 3.03. The Morgan fingerprint density at radius 2 is 2.17 bits per heavy atom. The maximum atomic E-state index is 5.13. The van der Waals surface area contributed by atoms with Gasteiger partial charge in [-0.1, -0.05) is 11.8 Å². The van der Waals surface area contributed by atoms with Crippen LogP contribution in [0.5, 0.6) is 5.88 Å². The number of hydrogen-bond acceptors (Lipinski definition) is 8. The average molecular weight is 332 g/mol. The molecule has 1 fully saturated rings. The molecule has 1 aliphatic rings. The number of hydrogen-bond donors (Lipinski definition) is 1. The molecule has 0 amide bonds. The van der Waals surface area contributed by atoms with Crippen LogP contribution in [-0.4, -0.2) is 52.4 Å². The number of thioether (sulfide) groups is 1. The molecule has 1 unspecified atom stereocenters. The van der Waals surface area contributed by atoms with Crippen LogP contribution in [0.2, 0.25) is 0 Å². The van der Waals surface area contributed by atoms with E-state index < -0.39 is 0 Å². The summed E-state index contributed by atoms with van der Waals surface area (Å²) in [5, 5.41) is 4.25. The lowest BCUT2D eigenvalue weighted by Crippen LogP contribution is -2.27. The van der Waals surface area contributed by atoms with Crippen molar-refractivity contribution in [1.82, 2.24) is 19.9 Å². The molecule has 3 heterocycles. The first-order chi connectivity index (χ1) is 11.2. The van der Waals surface area contributed by atoms with Gasteiger partial charge in [0.2, 0.25) is 5.88 Å². The maximum absolute atomic E-state index is 5.13. The number of aromatic nitrogens is 4. The molecule has 0 saturated carbocycles. The summed E-state index contributed by atoms with van der Waals surface area (Å²) in [4.78, 5) is 19.6. The van der Waals surface area contributed by atoms with Crippen molar-refractivity contribution >= 4 is 23.4 Å². The normalized spacial score (nSPS) is 17.3. The van der Waals surface area contributed by atoms with Gasteiger partial charge < -0.3 is 15.0 Å². The molecule has 1 aliphatic heterocycles. The highest BCUT2D eigenvalue weighted by Gasteiger charge is 2.24. The second kappa shape index (κ2) is 6.99. The van der Waals surface area contributed by atoms with Crippen molar-refractivity contribution in [2.75, 3.05) is 36.7 Å². The van der Waals surface area contributed by atoms with Crippen molar-refractivity contribution in [3.63, 3.8) is 0 Å². The van der Waals surface area contributed by atoms with Crippen molar-refractivity contribution in [2.45, 2.75) is 24.5 Å². The summed E-state index contributed by atoms with van der Waals surface area (Å²) in [5.41, 5.74) is 0.997. The fourth-order valence-electron chi connectivity index (χ4n) is 2.60. The molecule has 0 bridgehead atoms. The number of aryl methyl sites for hydroxylation is 1. The number of nitrogens with zero attached hydrogens (tertiary/aromatic N) is 5. The lowest BCUT2D eigenvalue weighted by molar-refractivity contribution is 0.397. The minimum Gasteiger partial charge on any atom is -0.481 e. The van der Waals surface area contributed by atoms with E-state index >= 15 is 0 Å². The summed E-state index contributed by atoms with van der Waals surface area (Å²) in [6.07, 6.45) is 4.53. The standard InChI is InChI=1S/C15H20N6OS/c1-10-6-13(20-15(18-10)23-3)21-5-4-11(8-21)19-12-7-14(22-2)17-9-16-12/h6-7,9,11H,4-5,8H2,1-3H3,(H,16,17,19). The van der Waals surface area contributed by atoms with E-state index in [4.69, 9.17) is 4.74 Å². The Balaban J connectivity index is 1.67. The zero-order valence-corrected chi connectivity index (χ0v) is 14.3. The summed E-state index contributed by atoms with van der Waals surface area (Å²) in [6.45, 7) is 3.85. The predicted molar refractivity (Wildman–Crippen MR) is 91.4 cm³/mol. The SMILES string of the molecule is COc1cc(NC2CCN(c3cc(C)nc(SC)n3)C2)ncn1. The smallest absolute Gasteiger partial charge is 0.218 e. The Hall–Kier alpha value is -2.09. The van der Waals surface area contributed by atoms with Crippen molar-refractivity contribution in [2.24, 2.45) is 0 Å². The summed E-state index contributed by atoms with van der Waals surface area (Å²) in [7, 11) is 1.60. The first kappa shape index (κ1) is 15.8. The van der Waals surface area contributed by atoms with E-state index in [2.05, 4.69) is 30.2 Å². The lowest BCUT2D eigenvalue weighted by atomic mass is 10.2. The second-order valence-electron chi connectivity index (χ2n) is 5.38. The molecular weight excluding hydrogens is 312 g/mol. The van der Waals surface area contributed by atoms with Gasteiger partial charge in [-0.3, -0.25) is 0 Å². The van der Waals surface area contributed by atoms with Gasteiger partial charge in [0.1, 0.15) is 18.0 Å². The molecule has 1 atom stereocenters. The van der Waals surface area contributed by atoms with Gasteiger partial charge in [-0.25, -0.2) is 19.9 Å². The summed E-state index contributed by atoms with van der Waals surface area (Å²) >= 11 is 1.57. The molecular formula is C15H20N6OS. The zero-order chi connectivity index (χ0) is 16.2. The minimum atomic E-state index is 0.322. The van der Waals surface area contributed by atoms with Gasteiger partial charge >= 0.3 is 0 Å². The van der Waals surface area contributed by atoms with E-state index in [1.807, 2.05) is 25.3 Å². The third-order valence-corrected chi connectivity index (χ3v) is 4.27. The molecule has 1 N–H and O–H groups in total.